The van der Waals surface area contributed by atoms with Crippen molar-refractivity contribution in [2.24, 2.45) is 0 Å². The number of rotatable bonds is 8. The molecular weight excluding hydrogens is 420 g/mol. The maximum absolute atomic E-state index is 12.4. The molecule has 10 heteroatoms. The fourth-order valence-corrected chi connectivity index (χ4v) is 4.06. The molecule has 2 heterocycles. The Bertz CT molecular complexity index is 1080. The van der Waals surface area contributed by atoms with Crippen molar-refractivity contribution in [1.29, 1.82) is 0 Å². The summed E-state index contributed by atoms with van der Waals surface area (Å²) in [7, 11) is 3.08. The molecule has 3 aromatic rings. The van der Waals surface area contributed by atoms with Crippen LogP contribution in [0, 0.1) is 0 Å². The van der Waals surface area contributed by atoms with Crippen LogP contribution in [0.2, 0.25) is 5.28 Å². The highest BCUT2D eigenvalue weighted by Crippen LogP contribution is 2.33. The maximum Gasteiger partial charge on any atom is 0.251 e. The van der Waals surface area contributed by atoms with E-state index in [-0.39, 0.29) is 11.2 Å². The molecular formula is C21H25ClN6O3. The van der Waals surface area contributed by atoms with Gasteiger partial charge in [0.15, 0.2) is 28.5 Å². The van der Waals surface area contributed by atoms with Gasteiger partial charge in [0.2, 0.25) is 5.28 Å². The average molecular weight is 445 g/mol. The topological polar surface area (TPSA) is 103 Å². The lowest BCUT2D eigenvalue weighted by molar-refractivity contribution is 0.0954. The molecule has 2 N–H and O–H groups in total. The van der Waals surface area contributed by atoms with Crippen molar-refractivity contribution in [2.75, 3.05) is 32.6 Å². The summed E-state index contributed by atoms with van der Waals surface area (Å²) in [6.45, 7) is 0.845. The third-order valence-electron chi connectivity index (χ3n) is 5.46. The summed E-state index contributed by atoms with van der Waals surface area (Å²) in [4.78, 5) is 25.6. The fraction of sp³-hybridized carbons (Fsp3) is 0.429. The van der Waals surface area contributed by atoms with E-state index in [0.29, 0.717) is 47.5 Å². The molecule has 0 aliphatic heterocycles. The van der Waals surface area contributed by atoms with Gasteiger partial charge in [-0.25, -0.2) is 4.98 Å². The average Bonchev–Trinajstić information content (AvgIpc) is 3.45. The van der Waals surface area contributed by atoms with Crippen molar-refractivity contribution >= 4 is 34.5 Å². The quantitative estimate of drug-likeness (QED) is 0.405. The lowest BCUT2D eigenvalue weighted by Crippen LogP contribution is -2.29. The fourth-order valence-electron chi connectivity index (χ4n) is 3.90. The van der Waals surface area contributed by atoms with Crippen LogP contribution in [-0.4, -0.2) is 52.7 Å². The molecule has 2 aromatic heterocycles. The van der Waals surface area contributed by atoms with E-state index in [1.54, 1.807) is 25.3 Å². The number of anilines is 1. The first kappa shape index (κ1) is 21.2. The van der Waals surface area contributed by atoms with E-state index in [9.17, 15) is 4.79 Å². The Kier molecular flexibility index (Phi) is 6.41. The van der Waals surface area contributed by atoms with Gasteiger partial charge in [0.25, 0.3) is 5.91 Å². The summed E-state index contributed by atoms with van der Waals surface area (Å²) in [6, 6.07) is 5.44. The zero-order chi connectivity index (χ0) is 21.8. The molecule has 0 saturated heterocycles. The molecule has 0 atom stereocenters. The van der Waals surface area contributed by atoms with Crippen LogP contribution in [0.15, 0.2) is 24.5 Å². The van der Waals surface area contributed by atoms with Gasteiger partial charge in [-0.15, -0.1) is 0 Å². The molecule has 1 aliphatic rings. The largest absolute Gasteiger partial charge is 0.493 e. The molecule has 31 heavy (non-hydrogen) atoms. The minimum absolute atomic E-state index is 0.170. The van der Waals surface area contributed by atoms with Crippen molar-refractivity contribution in [2.45, 2.75) is 31.7 Å². The highest BCUT2D eigenvalue weighted by atomic mass is 35.5. The van der Waals surface area contributed by atoms with Crippen molar-refractivity contribution in [3.8, 4) is 11.5 Å². The van der Waals surface area contributed by atoms with Crippen LogP contribution in [0.4, 0.5) is 5.82 Å². The maximum atomic E-state index is 12.4. The Morgan fingerprint density at radius 3 is 2.68 bits per heavy atom. The summed E-state index contributed by atoms with van der Waals surface area (Å²) in [5, 5.41) is 6.25. The summed E-state index contributed by atoms with van der Waals surface area (Å²) >= 11 is 6.16. The van der Waals surface area contributed by atoms with Crippen molar-refractivity contribution in [1.82, 2.24) is 24.8 Å². The van der Waals surface area contributed by atoms with Gasteiger partial charge in [0.05, 0.1) is 20.5 Å². The van der Waals surface area contributed by atoms with E-state index < -0.39 is 0 Å². The molecule has 1 amide bonds. The van der Waals surface area contributed by atoms with Gasteiger partial charge in [-0.3, -0.25) is 4.79 Å². The Balaban J connectivity index is 1.39. The molecule has 4 rings (SSSR count). The Labute approximate surface area is 185 Å². The van der Waals surface area contributed by atoms with Crippen molar-refractivity contribution < 1.29 is 14.3 Å². The number of carbonyl (C=O) groups is 1. The molecule has 0 radical (unpaired) electrons. The minimum atomic E-state index is -0.209. The zero-order valence-electron chi connectivity index (χ0n) is 17.5. The van der Waals surface area contributed by atoms with E-state index in [1.165, 1.54) is 20.0 Å². The lowest BCUT2D eigenvalue weighted by atomic mass is 10.2. The van der Waals surface area contributed by atoms with Gasteiger partial charge in [0.1, 0.15) is 0 Å². The molecule has 0 bridgehead atoms. The summed E-state index contributed by atoms with van der Waals surface area (Å²) in [5.74, 6) is 1.43. The highest BCUT2D eigenvalue weighted by molar-refractivity contribution is 6.28. The van der Waals surface area contributed by atoms with Crippen molar-refractivity contribution in [3.63, 3.8) is 0 Å². The van der Waals surface area contributed by atoms with Crippen LogP contribution in [0.5, 0.6) is 11.5 Å². The summed E-state index contributed by atoms with van der Waals surface area (Å²) in [5.41, 5.74) is 1.91. The first-order valence-electron chi connectivity index (χ1n) is 10.2. The van der Waals surface area contributed by atoms with Gasteiger partial charge in [-0.1, -0.05) is 12.8 Å². The van der Waals surface area contributed by atoms with E-state index in [1.807, 2.05) is 6.33 Å². The van der Waals surface area contributed by atoms with E-state index >= 15 is 0 Å². The Morgan fingerprint density at radius 2 is 1.94 bits per heavy atom. The van der Waals surface area contributed by atoms with Gasteiger partial charge in [-0.05, 0) is 42.6 Å². The number of nitrogens with zero attached hydrogens (tertiary/aromatic N) is 4. The number of methoxy groups -OCH3 is 2. The first-order valence-corrected chi connectivity index (χ1v) is 10.6. The monoisotopic (exact) mass is 444 g/mol. The molecule has 0 unspecified atom stereocenters. The van der Waals surface area contributed by atoms with Crippen LogP contribution in [-0.2, 0) is 0 Å². The second-order valence-corrected chi connectivity index (χ2v) is 7.69. The van der Waals surface area contributed by atoms with Crippen LogP contribution in [0.25, 0.3) is 11.2 Å². The minimum Gasteiger partial charge on any atom is -0.493 e. The normalized spacial score (nSPS) is 14.0. The SMILES string of the molecule is COc1ccc(C(=O)NCCNc2nc(Cl)nc3c2ncn3C2CCCC2)cc1OC. The smallest absolute Gasteiger partial charge is 0.251 e. The number of hydrogen-bond acceptors (Lipinski definition) is 7. The van der Waals surface area contributed by atoms with Crippen LogP contribution in [0.3, 0.4) is 0 Å². The Hall–Kier alpha value is -3.07. The summed E-state index contributed by atoms with van der Waals surface area (Å²) < 4.78 is 12.5. The predicted octanol–water partition coefficient (Wildman–Crippen LogP) is 3.45. The molecule has 0 spiro atoms. The van der Waals surface area contributed by atoms with Crippen LogP contribution in [0.1, 0.15) is 42.1 Å². The van der Waals surface area contributed by atoms with Crippen LogP contribution < -0.4 is 20.1 Å². The zero-order valence-corrected chi connectivity index (χ0v) is 18.3. The second-order valence-electron chi connectivity index (χ2n) is 7.36. The highest BCUT2D eigenvalue weighted by Gasteiger charge is 2.21. The van der Waals surface area contributed by atoms with Gasteiger partial charge < -0.3 is 24.7 Å². The number of fused-ring (bicyclic) bond motifs is 1. The number of benzene rings is 1. The number of carbonyl (C=O) groups excluding carboxylic acids is 1. The number of nitrogens with one attached hydrogen (secondary N) is 2. The number of aromatic nitrogens is 4. The van der Waals surface area contributed by atoms with E-state index in [2.05, 4.69) is 30.2 Å². The number of amides is 1. The molecule has 1 fully saturated rings. The first-order chi connectivity index (χ1) is 15.1. The van der Waals surface area contributed by atoms with E-state index in [4.69, 9.17) is 21.1 Å². The molecule has 1 saturated carbocycles. The Morgan fingerprint density at radius 1 is 1.16 bits per heavy atom. The summed E-state index contributed by atoms with van der Waals surface area (Å²) in [6.07, 6.45) is 6.49. The van der Waals surface area contributed by atoms with E-state index in [0.717, 1.165) is 18.5 Å². The molecule has 164 valence electrons. The lowest BCUT2D eigenvalue weighted by Gasteiger charge is -2.12. The van der Waals surface area contributed by atoms with Gasteiger partial charge in [0, 0.05) is 24.7 Å². The number of ether oxygens (including phenoxy) is 2. The predicted molar refractivity (Wildman–Crippen MR) is 118 cm³/mol. The molecule has 9 nitrogen and oxygen atoms in total. The molecule has 1 aromatic carbocycles. The number of imidazole rings is 1. The standard InChI is InChI=1S/C21H25ClN6O3/c1-30-15-8-7-13(11-16(15)31-2)20(29)24-10-9-23-18-17-19(27-21(22)26-18)28(12-25-17)14-5-3-4-6-14/h7-8,11-12,14H,3-6,9-10H2,1-2H3,(H,24,29)(H,23,26,27). The van der Waals surface area contributed by atoms with Gasteiger partial charge in [-0.2, -0.15) is 9.97 Å². The van der Waals surface area contributed by atoms with Crippen molar-refractivity contribution in [3.05, 3.63) is 35.4 Å². The third kappa shape index (κ3) is 4.51. The molecule has 1 aliphatic carbocycles. The number of halogens is 1. The number of hydrogen-bond donors (Lipinski definition) is 2. The van der Waals surface area contributed by atoms with Crippen LogP contribution >= 0.6 is 11.6 Å². The van der Waals surface area contributed by atoms with Gasteiger partial charge >= 0.3 is 0 Å². The third-order valence-corrected chi connectivity index (χ3v) is 5.63. The second kappa shape index (κ2) is 9.38.